The van der Waals surface area contributed by atoms with E-state index in [1.807, 2.05) is 30.3 Å². The minimum atomic E-state index is -0.122. The molecule has 1 aromatic heterocycles. The van der Waals surface area contributed by atoms with Crippen LogP contribution in [0.2, 0.25) is 0 Å². The number of hydrogen-bond donors (Lipinski definition) is 1. The number of nitrogens with one attached hydrogen (secondary N) is 1. The molecular weight excluding hydrogens is 328 g/mol. The summed E-state index contributed by atoms with van der Waals surface area (Å²) in [7, 11) is 0. The summed E-state index contributed by atoms with van der Waals surface area (Å²) in [5.74, 6) is 1.85. The zero-order chi connectivity index (χ0) is 17.9. The van der Waals surface area contributed by atoms with Gasteiger partial charge in [0.25, 0.3) is 0 Å². The SMILES string of the molecule is O=C(CC1CCCC1)NCCn1nc(C2CC2)n(-c2ccccc2)c1=O. The Bertz CT molecular complexity index is 814. The van der Waals surface area contributed by atoms with Gasteiger partial charge in [0.15, 0.2) is 0 Å². The summed E-state index contributed by atoms with van der Waals surface area (Å²) < 4.78 is 3.22. The van der Waals surface area contributed by atoms with E-state index >= 15 is 0 Å². The highest BCUT2D eigenvalue weighted by Crippen LogP contribution is 2.39. The van der Waals surface area contributed by atoms with E-state index in [0.29, 0.717) is 31.3 Å². The van der Waals surface area contributed by atoms with Crippen LogP contribution in [0.5, 0.6) is 0 Å². The third-order valence-electron chi connectivity index (χ3n) is 5.42. The lowest BCUT2D eigenvalue weighted by Crippen LogP contribution is -2.32. The molecule has 1 heterocycles. The Morgan fingerprint density at radius 3 is 2.54 bits per heavy atom. The molecule has 1 N–H and O–H groups in total. The van der Waals surface area contributed by atoms with Gasteiger partial charge in [-0.1, -0.05) is 31.0 Å². The van der Waals surface area contributed by atoms with Crippen LogP contribution in [0, 0.1) is 5.92 Å². The van der Waals surface area contributed by atoms with E-state index in [1.165, 1.54) is 30.4 Å². The predicted octanol–water partition coefficient (Wildman–Crippen LogP) is 2.61. The second-order valence-electron chi connectivity index (χ2n) is 7.51. The molecule has 0 bridgehead atoms. The molecule has 0 unspecified atom stereocenters. The van der Waals surface area contributed by atoms with Crippen LogP contribution in [0.4, 0.5) is 0 Å². The number of carbonyl (C=O) groups is 1. The molecule has 0 spiro atoms. The standard InChI is InChI=1S/C20H26N4O2/c25-18(14-15-6-4-5-7-15)21-12-13-23-20(26)24(17-8-2-1-3-9-17)19(22-23)16-10-11-16/h1-3,8-9,15-16H,4-7,10-14H2,(H,21,25). The van der Waals surface area contributed by atoms with Gasteiger partial charge in [-0.15, -0.1) is 0 Å². The van der Waals surface area contributed by atoms with Crippen molar-refractivity contribution in [3.63, 3.8) is 0 Å². The monoisotopic (exact) mass is 354 g/mol. The van der Waals surface area contributed by atoms with Crippen LogP contribution in [-0.4, -0.2) is 26.8 Å². The third-order valence-corrected chi connectivity index (χ3v) is 5.42. The average Bonchev–Trinajstić information content (AvgIpc) is 3.28. The minimum Gasteiger partial charge on any atom is -0.354 e. The highest BCUT2D eigenvalue weighted by molar-refractivity contribution is 5.76. The van der Waals surface area contributed by atoms with Gasteiger partial charge in [-0.2, -0.15) is 5.10 Å². The van der Waals surface area contributed by atoms with Crippen LogP contribution in [0.1, 0.15) is 56.7 Å². The Kier molecular flexibility index (Phi) is 4.91. The van der Waals surface area contributed by atoms with Gasteiger partial charge in [0, 0.05) is 18.9 Å². The summed E-state index contributed by atoms with van der Waals surface area (Å²) in [5.41, 5.74) is 0.735. The van der Waals surface area contributed by atoms with Crippen molar-refractivity contribution in [3.05, 3.63) is 46.6 Å². The number of rotatable bonds is 7. The normalized spacial score (nSPS) is 17.5. The van der Waals surface area contributed by atoms with E-state index in [0.717, 1.165) is 24.4 Å². The van der Waals surface area contributed by atoms with Crippen LogP contribution >= 0.6 is 0 Å². The number of hydrogen-bond acceptors (Lipinski definition) is 3. The summed E-state index contributed by atoms with van der Waals surface area (Å²) in [5, 5.41) is 7.51. The average molecular weight is 354 g/mol. The van der Waals surface area contributed by atoms with Crippen molar-refractivity contribution in [2.75, 3.05) is 6.54 Å². The maximum Gasteiger partial charge on any atom is 0.350 e. The van der Waals surface area contributed by atoms with Crippen molar-refractivity contribution in [1.82, 2.24) is 19.7 Å². The molecule has 2 aromatic rings. The molecule has 138 valence electrons. The van der Waals surface area contributed by atoms with Crippen molar-refractivity contribution >= 4 is 5.91 Å². The van der Waals surface area contributed by atoms with Crippen molar-refractivity contribution in [3.8, 4) is 5.69 Å². The van der Waals surface area contributed by atoms with E-state index in [-0.39, 0.29) is 11.6 Å². The smallest absolute Gasteiger partial charge is 0.350 e. The van der Waals surface area contributed by atoms with E-state index < -0.39 is 0 Å². The summed E-state index contributed by atoms with van der Waals surface area (Å²) in [6, 6.07) is 9.67. The first-order valence-corrected chi connectivity index (χ1v) is 9.74. The van der Waals surface area contributed by atoms with Crippen LogP contribution < -0.4 is 11.0 Å². The fourth-order valence-corrected chi connectivity index (χ4v) is 3.85. The van der Waals surface area contributed by atoms with Gasteiger partial charge in [-0.3, -0.25) is 4.79 Å². The van der Waals surface area contributed by atoms with Gasteiger partial charge in [-0.05, 0) is 43.7 Å². The lowest BCUT2D eigenvalue weighted by atomic mass is 10.0. The largest absolute Gasteiger partial charge is 0.354 e. The Hall–Kier alpha value is -2.37. The summed E-state index contributed by atoms with van der Waals surface area (Å²) in [6.45, 7) is 0.857. The van der Waals surface area contributed by atoms with Crippen LogP contribution in [0.15, 0.2) is 35.1 Å². The molecule has 6 heteroatoms. The van der Waals surface area contributed by atoms with E-state index in [9.17, 15) is 9.59 Å². The van der Waals surface area contributed by atoms with Gasteiger partial charge in [-0.25, -0.2) is 14.0 Å². The van der Waals surface area contributed by atoms with E-state index in [1.54, 1.807) is 4.57 Å². The van der Waals surface area contributed by atoms with E-state index in [2.05, 4.69) is 10.4 Å². The first-order chi connectivity index (χ1) is 12.7. The molecule has 1 aromatic carbocycles. The molecule has 1 amide bonds. The molecule has 6 nitrogen and oxygen atoms in total. The zero-order valence-electron chi connectivity index (χ0n) is 15.1. The lowest BCUT2D eigenvalue weighted by molar-refractivity contribution is -0.122. The second-order valence-corrected chi connectivity index (χ2v) is 7.51. The van der Waals surface area contributed by atoms with Gasteiger partial charge in [0.1, 0.15) is 5.82 Å². The summed E-state index contributed by atoms with van der Waals surface area (Å²) in [4.78, 5) is 24.9. The van der Waals surface area contributed by atoms with Crippen LogP contribution in [-0.2, 0) is 11.3 Å². The van der Waals surface area contributed by atoms with Gasteiger partial charge >= 0.3 is 5.69 Å². The van der Waals surface area contributed by atoms with E-state index in [4.69, 9.17) is 0 Å². The molecule has 0 radical (unpaired) electrons. The Labute approximate surface area is 153 Å². The third kappa shape index (κ3) is 3.74. The number of amides is 1. The summed E-state index contributed by atoms with van der Waals surface area (Å²) >= 11 is 0. The maximum absolute atomic E-state index is 12.8. The topological polar surface area (TPSA) is 68.9 Å². The molecule has 0 saturated heterocycles. The molecule has 2 aliphatic rings. The number of carbonyl (C=O) groups excluding carboxylic acids is 1. The number of aromatic nitrogens is 3. The molecule has 0 atom stereocenters. The van der Waals surface area contributed by atoms with Crippen molar-refractivity contribution in [2.24, 2.45) is 5.92 Å². The highest BCUT2D eigenvalue weighted by Gasteiger charge is 2.31. The molecule has 0 aliphatic heterocycles. The molecule has 26 heavy (non-hydrogen) atoms. The number of benzene rings is 1. The fraction of sp³-hybridized carbons (Fsp3) is 0.550. The Morgan fingerprint density at radius 2 is 1.85 bits per heavy atom. The first kappa shape index (κ1) is 17.1. The van der Waals surface area contributed by atoms with Crippen molar-refractivity contribution < 1.29 is 4.79 Å². The summed E-state index contributed by atoms with van der Waals surface area (Å²) in [6.07, 6.45) is 7.60. The van der Waals surface area contributed by atoms with Crippen LogP contribution in [0.3, 0.4) is 0 Å². The molecule has 4 rings (SSSR count). The Balaban J connectivity index is 1.42. The van der Waals surface area contributed by atoms with Gasteiger partial charge in [0.05, 0.1) is 12.2 Å². The maximum atomic E-state index is 12.8. The van der Waals surface area contributed by atoms with Crippen LogP contribution in [0.25, 0.3) is 5.69 Å². The lowest BCUT2D eigenvalue weighted by Gasteiger charge is -2.09. The zero-order valence-corrected chi connectivity index (χ0v) is 15.1. The molecule has 2 saturated carbocycles. The number of para-hydroxylation sites is 1. The van der Waals surface area contributed by atoms with Crippen molar-refractivity contribution in [1.29, 1.82) is 0 Å². The molecule has 2 fully saturated rings. The van der Waals surface area contributed by atoms with Gasteiger partial charge in [0.2, 0.25) is 5.91 Å². The highest BCUT2D eigenvalue weighted by atomic mass is 16.2. The number of nitrogens with zero attached hydrogens (tertiary/aromatic N) is 3. The minimum absolute atomic E-state index is 0.0925. The van der Waals surface area contributed by atoms with Crippen molar-refractivity contribution in [2.45, 2.75) is 57.4 Å². The first-order valence-electron chi connectivity index (χ1n) is 9.74. The fourth-order valence-electron chi connectivity index (χ4n) is 3.85. The van der Waals surface area contributed by atoms with Gasteiger partial charge < -0.3 is 5.32 Å². The molecular formula is C20H26N4O2. The quantitative estimate of drug-likeness (QED) is 0.831. The predicted molar refractivity (Wildman–Crippen MR) is 99.4 cm³/mol. The Morgan fingerprint density at radius 1 is 1.12 bits per heavy atom. The second kappa shape index (κ2) is 7.48. The molecule has 2 aliphatic carbocycles.